The Bertz CT molecular complexity index is 784. The molecule has 2 amide bonds. The maximum absolute atomic E-state index is 12.5. The van der Waals surface area contributed by atoms with Crippen LogP contribution in [0.4, 0.5) is 0 Å². The summed E-state index contributed by atoms with van der Waals surface area (Å²) in [4.78, 5) is 37.8. The molecule has 1 saturated heterocycles. The molecule has 0 aliphatic carbocycles. The smallest absolute Gasteiger partial charge is 0.352 e. The van der Waals surface area contributed by atoms with Gasteiger partial charge in [-0.1, -0.05) is 30.3 Å². The Labute approximate surface area is 165 Å². The predicted molar refractivity (Wildman–Crippen MR) is 106 cm³/mol. The summed E-state index contributed by atoms with van der Waals surface area (Å²) >= 11 is 2.99. The van der Waals surface area contributed by atoms with Gasteiger partial charge < -0.3 is 16.2 Å². The molecule has 0 saturated carbocycles. The second-order valence-electron chi connectivity index (χ2n) is 6.37. The van der Waals surface area contributed by atoms with E-state index in [0.29, 0.717) is 11.5 Å². The lowest BCUT2D eigenvalue weighted by Gasteiger charge is -2.49. The SMILES string of the molecule is CSCC1=C(C(=O)O)N2C(=O)C(NC(=O)CC(N)c3ccccc3)[C@@H]2SC1. The first-order chi connectivity index (χ1) is 12.9. The van der Waals surface area contributed by atoms with Gasteiger partial charge in [-0.25, -0.2) is 4.79 Å². The van der Waals surface area contributed by atoms with Crippen LogP contribution in [0.25, 0.3) is 0 Å². The van der Waals surface area contributed by atoms with Gasteiger partial charge in [-0.15, -0.1) is 11.8 Å². The van der Waals surface area contributed by atoms with Gasteiger partial charge in [-0.3, -0.25) is 14.5 Å². The van der Waals surface area contributed by atoms with Crippen molar-refractivity contribution in [3.8, 4) is 0 Å². The van der Waals surface area contributed by atoms with Crippen LogP contribution in [0.2, 0.25) is 0 Å². The second kappa shape index (κ2) is 8.37. The number of nitrogens with two attached hydrogens (primary N) is 1. The fraction of sp³-hybridized carbons (Fsp3) is 0.389. The van der Waals surface area contributed by atoms with Crippen molar-refractivity contribution in [1.82, 2.24) is 10.2 Å². The lowest BCUT2D eigenvalue weighted by atomic mass is 10.0. The molecular formula is C18H21N3O4S2. The quantitative estimate of drug-likeness (QED) is 0.582. The van der Waals surface area contributed by atoms with Crippen molar-refractivity contribution in [2.75, 3.05) is 17.8 Å². The van der Waals surface area contributed by atoms with Crippen LogP contribution < -0.4 is 11.1 Å². The zero-order valence-electron chi connectivity index (χ0n) is 14.8. The molecule has 0 aromatic heterocycles. The van der Waals surface area contributed by atoms with Gasteiger partial charge in [0, 0.05) is 24.0 Å². The van der Waals surface area contributed by atoms with E-state index in [1.54, 1.807) is 0 Å². The van der Waals surface area contributed by atoms with E-state index in [1.165, 1.54) is 28.4 Å². The topological polar surface area (TPSA) is 113 Å². The highest BCUT2D eigenvalue weighted by atomic mass is 32.2. The van der Waals surface area contributed by atoms with Crippen LogP contribution in [0, 0.1) is 0 Å². The summed E-state index contributed by atoms with van der Waals surface area (Å²) in [5.74, 6) is -0.708. The molecule has 7 nitrogen and oxygen atoms in total. The number of hydrogen-bond acceptors (Lipinski definition) is 6. The van der Waals surface area contributed by atoms with Crippen LogP contribution in [-0.2, 0) is 14.4 Å². The van der Waals surface area contributed by atoms with Gasteiger partial charge in [-0.05, 0) is 17.4 Å². The number of aliphatic carboxylic acids is 1. The highest BCUT2D eigenvalue weighted by Gasteiger charge is 2.54. The first-order valence-electron chi connectivity index (χ1n) is 8.42. The van der Waals surface area contributed by atoms with E-state index >= 15 is 0 Å². The molecule has 0 radical (unpaired) electrons. The minimum absolute atomic E-state index is 0.0598. The van der Waals surface area contributed by atoms with Crippen molar-refractivity contribution in [1.29, 1.82) is 0 Å². The second-order valence-corrected chi connectivity index (χ2v) is 8.34. The summed E-state index contributed by atoms with van der Waals surface area (Å²) in [5, 5.41) is 11.9. The highest BCUT2D eigenvalue weighted by Crippen LogP contribution is 2.41. The number of β-lactam (4-membered cyclic amide) rings is 1. The van der Waals surface area contributed by atoms with Crippen molar-refractivity contribution in [3.05, 3.63) is 47.2 Å². The van der Waals surface area contributed by atoms with E-state index in [-0.39, 0.29) is 29.3 Å². The third kappa shape index (κ3) is 3.99. The lowest BCUT2D eigenvalue weighted by molar-refractivity contribution is -0.150. The molecule has 144 valence electrons. The molecule has 2 aliphatic rings. The molecule has 1 fully saturated rings. The summed E-state index contributed by atoms with van der Waals surface area (Å²) in [6.07, 6.45) is 1.95. The van der Waals surface area contributed by atoms with E-state index < -0.39 is 18.1 Å². The van der Waals surface area contributed by atoms with E-state index in [9.17, 15) is 19.5 Å². The summed E-state index contributed by atoms with van der Waals surface area (Å²) < 4.78 is 0. The molecule has 1 aromatic rings. The number of carbonyl (C=O) groups excluding carboxylic acids is 2. The fourth-order valence-corrected chi connectivity index (χ4v) is 5.28. The molecule has 3 rings (SSSR count). The Kier molecular flexibility index (Phi) is 6.13. The van der Waals surface area contributed by atoms with Gasteiger partial charge in [0.2, 0.25) is 5.91 Å². The fourth-order valence-electron chi connectivity index (χ4n) is 3.22. The van der Waals surface area contributed by atoms with Gasteiger partial charge in [0.15, 0.2) is 0 Å². The predicted octanol–water partition coefficient (Wildman–Crippen LogP) is 1.18. The van der Waals surface area contributed by atoms with Crippen molar-refractivity contribution in [3.63, 3.8) is 0 Å². The van der Waals surface area contributed by atoms with E-state index in [2.05, 4.69) is 5.32 Å². The molecule has 9 heteroatoms. The molecule has 3 atom stereocenters. The summed E-state index contributed by atoms with van der Waals surface area (Å²) in [7, 11) is 0. The van der Waals surface area contributed by atoms with Gasteiger partial charge in [0.1, 0.15) is 17.1 Å². The first-order valence-corrected chi connectivity index (χ1v) is 10.9. The normalized spacial score (nSPS) is 22.7. The first kappa shape index (κ1) is 19.8. The van der Waals surface area contributed by atoms with Crippen molar-refractivity contribution in [2.24, 2.45) is 5.73 Å². The Morgan fingerprint density at radius 2 is 2.11 bits per heavy atom. The zero-order valence-corrected chi connectivity index (χ0v) is 16.4. The van der Waals surface area contributed by atoms with Gasteiger partial charge in [0.25, 0.3) is 5.91 Å². The number of amides is 2. The van der Waals surface area contributed by atoms with Crippen LogP contribution in [0.3, 0.4) is 0 Å². The van der Waals surface area contributed by atoms with Crippen LogP contribution in [0.5, 0.6) is 0 Å². The van der Waals surface area contributed by atoms with Crippen LogP contribution in [-0.4, -0.2) is 57.0 Å². The van der Waals surface area contributed by atoms with Crippen LogP contribution >= 0.6 is 23.5 Å². The van der Waals surface area contributed by atoms with Crippen LogP contribution in [0.15, 0.2) is 41.6 Å². The third-order valence-corrected chi connectivity index (χ3v) is 6.49. The molecular weight excluding hydrogens is 386 g/mol. The Hall–Kier alpha value is -1.97. The molecule has 2 aliphatic heterocycles. The number of rotatable bonds is 7. The van der Waals surface area contributed by atoms with Crippen molar-refractivity contribution in [2.45, 2.75) is 23.9 Å². The number of carboxylic acid groups (broad SMARTS) is 1. The minimum Gasteiger partial charge on any atom is -0.477 e. The van der Waals surface area contributed by atoms with Gasteiger partial charge >= 0.3 is 5.97 Å². The number of hydrogen-bond donors (Lipinski definition) is 3. The van der Waals surface area contributed by atoms with Gasteiger partial charge in [0.05, 0.1) is 0 Å². The van der Waals surface area contributed by atoms with E-state index in [1.807, 2.05) is 36.6 Å². The van der Waals surface area contributed by atoms with Gasteiger partial charge in [-0.2, -0.15) is 11.8 Å². The monoisotopic (exact) mass is 407 g/mol. The molecule has 2 unspecified atom stereocenters. The lowest BCUT2D eigenvalue weighted by Crippen LogP contribution is -2.70. The Balaban J connectivity index is 1.65. The number of benzene rings is 1. The number of carboxylic acids is 1. The number of carbonyl (C=O) groups is 3. The van der Waals surface area contributed by atoms with Crippen molar-refractivity contribution < 1.29 is 19.5 Å². The number of thioether (sulfide) groups is 2. The Morgan fingerprint density at radius 1 is 1.41 bits per heavy atom. The average molecular weight is 408 g/mol. The van der Waals surface area contributed by atoms with E-state index in [0.717, 1.165) is 11.1 Å². The van der Waals surface area contributed by atoms with E-state index in [4.69, 9.17) is 5.73 Å². The molecule has 4 N–H and O–H groups in total. The third-order valence-electron chi connectivity index (χ3n) is 4.52. The molecule has 2 heterocycles. The average Bonchev–Trinajstić information content (AvgIpc) is 2.66. The molecule has 1 aromatic carbocycles. The summed E-state index contributed by atoms with van der Waals surface area (Å²) in [5.41, 5.74) is 7.70. The number of nitrogens with one attached hydrogen (secondary N) is 1. The molecule has 0 bridgehead atoms. The maximum Gasteiger partial charge on any atom is 0.352 e. The number of nitrogens with zero attached hydrogens (tertiary/aromatic N) is 1. The van der Waals surface area contributed by atoms with Crippen molar-refractivity contribution >= 4 is 41.3 Å². The summed E-state index contributed by atoms with van der Waals surface area (Å²) in [6, 6.07) is 8.10. The largest absolute Gasteiger partial charge is 0.477 e. The molecule has 27 heavy (non-hydrogen) atoms. The summed E-state index contributed by atoms with van der Waals surface area (Å²) in [6.45, 7) is 0. The maximum atomic E-state index is 12.5. The highest BCUT2D eigenvalue weighted by molar-refractivity contribution is 8.00. The molecule has 0 spiro atoms. The standard InChI is InChI=1S/C18H21N3O4S2/c1-26-8-11-9-27-17-14(16(23)21(17)15(11)18(24)25)20-13(22)7-12(19)10-5-3-2-4-6-10/h2-6,12,14,17H,7-9,19H2,1H3,(H,20,22)(H,24,25)/t12?,14?,17-/m0/s1. The zero-order chi connectivity index (χ0) is 19.6. The number of fused-ring (bicyclic) bond motifs is 1. The van der Waals surface area contributed by atoms with Crippen LogP contribution in [0.1, 0.15) is 18.0 Å². The minimum atomic E-state index is -1.10. The Morgan fingerprint density at radius 3 is 2.74 bits per heavy atom.